The number of benzene rings is 1. The van der Waals surface area contributed by atoms with Crippen LogP contribution in [0.15, 0.2) is 24.3 Å². The molecule has 2 fully saturated rings. The predicted octanol–water partition coefficient (Wildman–Crippen LogP) is 1.48. The number of sulfonamides is 1. The van der Waals surface area contributed by atoms with E-state index in [4.69, 9.17) is 0 Å². The molecule has 0 amide bonds. The van der Waals surface area contributed by atoms with Crippen molar-refractivity contribution >= 4 is 19.9 Å². The molecule has 1 aromatic carbocycles. The van der Waals surface area contributed by atoms with Gasteiger partial charge in [-0.05, 0) is 37.3 Å². The third kappa shape index (κ3) is 3.36. The lowest BCUT2D eigenvalue weighted by Crippen LogP contribution is -2.43. The highest BCUT2D eigenvalue weighted by molar-refractivity contribution is 7.92. The summed E-state index contributed by atoms with van der Waals surface area (Å²) in [6.07, 6.45) is 2.10. The van der Waals surface area contributed by atoms with E-state index in [1.54, 1.807) is 0 Å². The van der Waals surface area contributed by atoms with Crippen molar-refractivity contribution in [2.75, 3.05) is 11.5 Å². The molecule has 7 heteroatoms. The molecule has 1 aliphatic heterocycles. The minimum absolute atomic E-state index is 0.00711. The fourth-order valence-corrected chi connectivity index (χ4v) is 7.07. The largest absolute Gasteiger partial charge is 0.229 e. The standard InChI is InChI=1S/C15H21NO4S2/c1-12-4-2-3-5-13(12)10-22(19,20)16(14-6-7-14)15-8-9-21(17,18)11-15/h2-5,14-15H,6-11H2,1H3. The molecule has 2 aliphatic rings. The van der Waals surface area contributed by atoms with Crippen molar-refractivity contribution in [2.24, 2.45) is 0 Å². The number of sulfone groups is 1. The summed E-state index contributed by atoms with van der Waals surface area (Å²) in [6.45, 7) is 1.90. The van der Waals surface area contributed by atoms with Crippen LogP contribution in [0, 0.1) is 6.92 Å². The van der Waals surface area contributed by atoms with Gasteiger partial charge in [-0.1, -0.05) is 24.3 Å². The number of rotatable bonds is 5. The highest BCUT2D eigenvalue weighted by Crippen LogP contribution is 2.35. The molecular weight excluding hydrogens is 322 g/mol. The van der Waals surface area contributed by atoms with E-state index in [1.807, 2.05) is 31.2 Å². The number of hydrogen-bond acceptors (Lipinski definition) is 4. The summed E-state index contributed by atoms with van der Waals surface area (Å²) >= 11 is 0. The Morgan fingerprint density at radius 1 is 1.14 bits per heavy atom. The highest BCUT2D eigenvalue weighted by atomic mass is 32.2. The average molecular weight is 343 g/mol. The maximum atomic E-state index is 12.9. The second-order valence-corrected chi connectivity index (χ2v) is 10.4. The lowest BCUT2D eigenvalue weighted by atomic mass is 10.1. The quantitative estimate of drug-likeness (QED) is 0.812. The van der Waals surface area contributed by atoms with Crippen molar-refractivity contribution < 1.29 is 16.8 Å². The first-order valence-corrected chi connectivity index (χ1v) is 11.0. The Balaban J connectivity index is 1.86. The second-order valence-electron chi connectivity index (χ2n) is 6.30. The second kappa shape index (κ2) is 5.62. The Labute approximate surface area is 132 Å². The molecule has 0 bridgehead atoms. The van der Waals surface area contributed by atoms with Crippen LogP contribution in [0.3, 0.4) is 0 Å². The molecular formula is C15H21NO4S2. The first-order valence-electron chi connectivity index (χ1n) is 7.55. The molecule has 1 saturated heterocycles. The van der Waals surface area contributed by atoms with Crippen molar-refractivity contribution in [3.8, 4) is 0 Å². The minimum Gasteiger partial charge on any atom is -0.229 e. The molecule has 5 nitrogen and oxygen atoms in total. The van der Waals surface area contributed by atoms with Gasteiger partial charge in [0.1, 0.15) is 0 Å². The molecule has 0 N–H and O–H groups in total. The minimum atomic E-state index is -3.50. The number of nitrogens with zero attached hydrogens (tertiary/aromatic N) is 1. The van der Waals surface area contributed by atoms with Crippen molar-refractivity contribution in [3.05, 3.63) is 35.4 Å². The lowest BCUT2D eigenvalue weighted by Gasteiger charge is -2.27. The molecule has 1 unspecified atom stereocenters. The van der Waals surface area contributed by atoms with Crippen LogP contribution < -0.4 is 0 Å². The molecule has 1 heterocycles. The average Bonchev–Trinajstić information content (AvgIpc) is 3.16. The molecule has 0 aromatic heterocycles. The first-order chi connectivity index (χ1) is 10.3. The summed E-state index contributed by atoms with van der Waals surface area (Å²) in [5.41, 5.74) is 1.73. The zero-order valence-corrected chi connectivity index (χ0v) is 14.2. The summed E-state index contributed by atoms with van der Waals surface area (Å²) in [6, 6.07) is 7.04. The van der Waals surface area contributed by atoms with Gasteiger partial charge in [-0.25, -0.2) is 16.8 Å². The van der Waals surface area contributed by atoms with Crippen LogP contribution >= 0.6 is 0 Å². The van der Waals surface area contributed by atoms with Gasteiger partial charge in [0.15, 0.2) is 9.84 Å². The zero-order chi connectivity index (χ0) is 16.0. The van der Waals surface area contributed by atoms with Gasteiger partial charge >= 0.3 is 0 Å². The van der Waals surface area contributed by atoms with Crippen LogP contribution in [0.2, 0.25) is 0 Å². The van der Waals surface area contributed by atoms with E-state index < -0.39 is 19.9 Å². The SMILES string of the molecule is Cc1ccccc1CS(=O)(=O)N(C1CC1)C1CCS(=O)(=O)C1. The van der Waals surface area contributed by atoms with Crippen LogP contribution in [-0.4, -0.2) is 44.7 Å². The highest BCUT2D eigenvalue weighted by Gasteiger charge is 2.45. The smallest absolute Gasteiger partial charge is 0.218 e. The van der Waals surface area contributed by atoms with Gasteiger partial charge in [-0.15, -0.1) is 0 Å². The van der Waals surface area contributed by atoms with Gasteiger partial charge < -0.3 is 0 Å². The molecule has 22 heavy (non-hydrogen) atoms. The fourth-order valence-electron chi connectivity index (χ4n) is 3.10. The first kappa shape index (κ1) is 16.0. The molecule has 3 rings (SSSR count). The van der Waals surface area contributed by atoms with Crippen LogP contribution in [0.1, 0.15) is 30.4 Å². The van der Waals surface area contributed by atoms with Gasteiger partial charge in [0.05, 0.1) is 17.3 Å². The van der Waals surface area contributed by atoms with E-state index in [0.717, 1.165) is 24.0 Å². The van der Waals surface area contributed by atoms with Crippen LogP contribution in [0.25, 0.3) is 0 Å². The Bertz CT molecular complexity index is 766. The fraction of sp³-hybridized carbons (Fsp3) is 0.600. The third-order valence-electron chi connectivity index (χ3n) is 4.40. The third-order valence-corrected chi connectivity index (χ3v) is 8.06. The lowest BCUT2D eigenvalue weighted by molar-refractivity contribution is 0.332. The maximum Gasteiger partial charge on any atom is 0.218 e. The van der Waals surface area contributed by atoms with Crippen molar-refractivity contribution in [3.63, 3.8) is 0 Å². The number of hydrogen-bond donors (Lipinski definition) is 0. The van der Waals surface area contributed by atoms with Gasteiger partial charge in [0, 0.05) is 12.1 Å². The van der Waals surface area contributed by atoms with Crippen LogP contribution in [-0.2, 0) is 25.6 Å². The Kier molecular flexibility index (Phi) is 4.07. The Morgan fingerprint density at radius 2 is 1.82 bits per heavy atom. The predicted molar refractivity (Wildman–Crippen MR) is 85.7 cm³/mol. The van der Waals surface area contributed by atoms with E-state index in [9.17, 15) is 16.8 Å². The van der Waals surface area contributed by atoms with Gasteiger partial charge in [-0.3, -0.25) is 0 Å². The topological polar surface area (TPSA) is 71.5 Å². The molecule has 1 aliphatic carbocycles. The van der Waals surface area contributed by atoms with Crippen molar-refractivity contribution in [2.45, 2.75) is 44.0 Å². The van der Waals surface area contributed by atoms with E-state index in [2.05, 4.69) is 0 Å². The zero-order valence-electron chi connectivity index (χ0n) is 12.6. The van der Waals surface area contributed by atoms with Crippen LogP contribution in [0.4, 0.5) is 0 Å². The van der Waals surface area contributed by atoms with E-state index in [-0.39, 0.29) is 29.3 Å². The Hall–Kier alpha value is -0.920. The molecule has 0 radical (unpaired) electrons. The van der Waals surface area contributed by atoms with Crippen LogP contribution in [0.5, 0.6) is 0 Å². The molecule has 122 valence electrons. The molecule has 1 atom stereocenters. The normalized spacial score (nSPS) is 24.7. The van der Waals surface area contributed by atoms with E-state index >= 15 is 0 Å². The van der Waals surface area contributed by atoms with Crippen molar-refractivity contribution in [1.82, 2.24) is 4.31 Å². The van der Waals surface area contributed by atoms with Gasteiger partial charge in [-0.2, -0.15) is 4.31 Å². The van der Waals surface area contributed by atoms with Crippen molar-refractivity contribution in [1.29, 1.82) is 0 Å². The Morgan fingerprint density at radius 3 is 2.36 bits per heavy atom. The van der Waals surface area contributed by atoms with E-state index in [0.29, 0.717) is 6.42 Å². The monoisotopic (exact) mass is 343 g/mol. The molecule has 0 spiro atoms. The van der Waals surface area contributed by atoms with E-state index in [1.165, 1.54) is 4.31 Å². The summed E-state index contributed by atoms with van der Waals surface area (Å²) in [4.78, 5) is 0. The maximum absolute atomic E-state index is 12.9. The molecule has 1 aromatic rings. The number of aryl methyl sites for hydroxylation is 1. The summed E-state index contributed by atoms with van der Waals surface area (Å²) in [7, 11) is -6.59. The summed E-state index contributed by atoms with van der Waals surface area (Å²) < 4.78 is 50.6. The van der Waals surface area contributed by atoms with Gasteiger partial charge in [0.25, 0.3) is 0 Å². The molecule has 1 saturated carbocycles. The summed E-state index contributed by atoms with van der Waals surface area (Å²) in [5.74, 6) is 0.0179. The summed E-state index contributed by atoms with van der Waals surface area (Å²) in [5, 5.41) is 0. The van der Waals surface area contributed by atoms with Gasteiger partial charge in [0.2, 0.25) is 10.0 Å².